The number of piperidine rings is 1. The van der Waals surface area contributed by atoms with Crippen molar-refractivity contribution in [2.75, 3.05) is 19.7 Å². The van der Waals surface area contributed by atoms with Crippen molar-refractivity contribution in [1.29, 1.82) is 0 Å². The number of rotatable bonds is 2. The lowest BCUT2D eigenvalue weighted by molar-refractivity contribution is 0.166. The van der Waals surface area contributed by atoms with E-state index in [4.69, 9.17) is 9.47 Å². The van der Waals surface area contributed by atoms with E-state index < -0.39 is 0 Å². The Balaban J connectivity index is 1.76. The highest BCUT2D eigenvalue weighted by atomic mass is 16.5. The Morgan fingerprint density at radius 3 is 3.25 bits per heavy atom. The molecule has 0 aliphatic carbocycles. The van der Waals surface area contributed by atoms with Crippen LogP contribution in [0, 0.1) is 0 Å². The minimum Gasteiger partial charge on any atom is -0.493 e. The molecular weight excluding hydrogens is 202 g/mol. The van der Waals surface area contributed by atoms with Gasteiger partial charge in [-0.25, -0.2) is 0 Å². The van der Waals surface area contributed by atoms with Crippen LogP contribution < -0.4 is 14.8 Å². The zero-order valence-electron chi connectivity index (χ0n) is 9.37. The quantitative estimate of drug-likeness (QED) is 0.822. The Morgan fingerprint density at radius 2 is 2.38 bits per heavy atom. The van der Waals surface area contributed by atoms with Crippen LogP contribution in [0.3, 0.4) is 0 Å². The van der Waals surface area contributed by atoms with E-state index in [0.717, 1.165) is 44.0 Å². The second-order valence-corrected chi connectivity index (χ2v) is 4.42. The second kappa shape index (κ2) is 4.34. The molecule has 16 heavy (non-hydrogen) atoms. The van der Waals surface area contributed by atoms with Crippen molar-refractivity contribution in [3.8, 4) is 11.5 Å². The SMILES string of the molecule is c1cc2c(c(OC3CCCNC3)c1)CCO2. The first-order valence-electron chi connectivity index (χ1n) is 6.05. The molecule has 1 unspecified atom stereocenters. The zero-order chi connectivity index (χ0) is 10.8. The molecule has 0 bridgehead atoms. The van der Waals surface area contributed by atoms with Gasteiger partial charge in [0.15, 0.2) is 0 Å². The van der Waals surface area contributed by atoms with Crippen molar-refractivity contribution in [3.05, 3.63) is 23.8 Å². The van der Waals surface area contributed by atoms with Crippen LogP contribution in [0.25, 0.3) is 0 Å². The van der Waals surface area contributed by atoms with Crippen molar-refractivity contribution >= 4 is 0 Å². The van der Waals surface area contributed by atoms with Crippen LogP contribution >= 0.6 is 0 Å². The molecule has 0 radical (unpaired) electrons. The van der Waals surface area contributed by atoms with Crippen molar-refractivity contribution < 1.29 is 9.47 Å². The Hall–Kier alpha value is -1.22. The number of benzene rings is 1. The average Bonchev–Trinajstić information content (AvgIpc) is 2.80. The third-order valence-electron chi connectivity index (χ3n) is 3.24. The topological polar surface area (TPSA) is 30.5 Å². The van der Waals surface area contributed by atoms with Crippen LogP contribution in [-0.4, -0.2) is 25.8 Å². The number of fused-ring (bicyclic) bond motifs is 1. The fourth-order valence-corrected chi connectivity index (χ4v) is 2.40. The van der Waals surface area contributed by atoms with Gasteiger partial charge in [0.2, 0.25) is 0 Å². The number of ether oxygens (including phenoxy) is 2. The molecule has 0 spiro atoms. The highest BCUT2D eigenvalue weighted by Crippen LogP contribution is 2.33. The zero-order valence-corrected chi connectivity index (χ0v) is 9.37. The highest BCUT2D eigenvalue weighted by Gasteiger charge is 2.20. The first-order valence-corrected chi connectivity index (χ1v) is 6.05. The average molecular weight is 219 g/mol. The maximum Gasteiger partial charge on any atom is 0.126 e. The summed E-state index contributed by atoms with van der Waals surface area (Å²) in [5.41, 5.74) is 1.24. The summed E-state index contributed by atoms with van der Waals surface area (Å²) in [6, 6.07) is 6.09. The molecule has 1 aromatic carbocycles. The summed E-state index contributed by atoms with van der Waals surface area (Å²) >= 11 is 0. The fraction of sp³-hybridized carbons (Fsp3) is 0.538. The normalized spacial score (nSPS) is 23.6. The summed E-state index contributed by atoms with van der Waals surface area (Å²) in [5.74, 6) is 2.02. The Bertz CT molecular complexity index is 372. The van der Waals surface area contributed by atoms with Crippen LogP contribution in [0.5, 0.6) is 11.5 Å². The lowest BCUT2D eigenvalue weighted by Gasteiger charge is -2.24. The van der Waals surface area contributed by atoms with E-state index in [1.165, 1.54) is 12.0 Å². The molecule has 1 fully saturated rings. The van der Waals surface area contributed by atoms with Crippen LogP contribution in [0.2, 0.25) is 0 Å². The predicted octanol–water partition coefficient (Wildman–Crippen LogP) is 1.75. The molecule has 1 saturated heterocycles. The first-order chi connectivity index (χ1) is 7.93. The molecule has 0 aromatic heterocycles. The number of hydrogen-bond donors (Lipinski definition) is 1. The largest absolute Gasteiger partial charge is 0.493 e. The van der Waals surface area contributed by atoms with E-state index in [2.05, 4.69) is 11.4 Å². The lowest BCUT2D eigenvalue weighted by Crippen LogP contribution is -2.37. The lowest BCUT2D eigenvalue weighted by atomic mass is 10.1. The molecule has 0 saturated carbocycles. The highest BCUT2D eigenvalue weighted by molar-refractivity contribution is 5.47. The van der Waals surface area contributed by atoms with Gasteiger partial charge in [-0.1, -0.05) is 6.07 Å². The van der Waals surface area contributed by atoms with E-state index in [-0.39, 0.29) is 0 Å². The van der Waals surface area contributed by atoms with E-state index in [1.807, 2.05) is 12.1 Å². The molecule has 2 aliphatic rings. The maximum atomic E-state index is 6.06. The molecule has 1 N–H and O–H groups in total. The standard InChI is InChI=1S/C13H17NO2/c1-4-12-11(6-8-15-12)13(5-1)16-10-3-2-7-14-9-10/h1,4-5,10,14H,2-3,6-9H2. The summed E-state index contributed by atoms with van der Waals surface area (Å²) in [5, 5.41) is 3.37. The number of hydrogen-bond acceptors (Lipinski definition) is 3. The summed E-state index contributed by atoms with van der Waals surface area (Å²) in [4.78, 5) is 0. The summed E-state index contributed by atoms with van der Waals surface area (Å²) in [6.07, 6.45) is 3.65. The summed E-state index contributed by atoms with van der Waals surface area (Å²) < 4.78 is 11.6. The van der Waals surface area contributed by atoms with Crippen LogP contribution in [0.1, 0.15) is 18.4 Å². The van der Waals surface area contributed by atoms with Gasteiger partial charge in [-0.05, 0) is 31.5 Å². The van der Waals surface area contributed by atoms with Gasteiger partial charge >= 0.3 is 0 Å². The predicted molar refractivity (Wildman–Crippen MR) is 62.2 cm³/mol. The maximum absolute atomic E-state index is 6.06. The van der Waals surface area contributed by atoms with Crippen molar-refractivity contribution in [2.45, 2.75) is 25.4 Å². The minimum atomic E-state index is 0.320. The molecule has 0 amide bonds. The van der Waals surface area contributed by atoms with Gasteiger partial charge in [0.05, 0.1) is 6.61 Å². The fourth-order valence-electron chi connectivity index (χ4n) is 2.40. The molecule has 2 aliphatic heterocycles. The molecule has 3 nitrogen and oxygen atoms in total. The third-order valence-corrected chi connectivity index (χ3v) is 3.24. The van der Waals surface area contributed by atoms with Crippen LogP contribution in [-0.2, 0) is 6.42 Å². The van der Waals surface area contributed by atoms with Crippen molar-refractivity contribution in [3.63, 3.8) is 0 Å². The van der Waals surface area contributed by atoms with E-state index in [9.17, 15) is 0 Å². The molecule has 1 atom stereocenters. The van der Waals surface area contributed by atoms with Crippen LogP contribution in [0.4, 0.5) is 0 Å². The third kappa shape index (κ3) is 1.87. The Morgan fingerprint density at radius 1 is 1.38 bits per heavy atom. The molecule has 3 rings (SSSR count). The first kappa shape index (κ1) is 9.97. The van der Waals surface area contributed by atoms with E-state index >= 15 is 0 Å². The summed E-state index contributed by atoms with van der Waals surface area (Å²) in [7, 11) is 0. The number of nitrogens with one attached hydrogen (secondary N) is 1. The molecule has 2 heterocycles. The monoisotopic (exact) mass is 219 g/mol. The van der Waals surface area contributed by atoms with Gasteiger partial charge in [0.25, 0.3) is 0 Å². The van der Waals surface area contributed by atoms with Gasteiger partial charge in [0.1, 0.15) is 17.6 Å². The summed E-state index contributed by atoms with van der Waals surface area (Å²) in [6.45, 7) is 2.87. The smallest absolute Gasteiger partial charge is 0.126 e. The van der Waals surface area contributed by atoms with Gasteiger partial charge < -0.3 is 14.8 Å². The molecular formula is C13H17NO2. The van der Waals surface area contributed by atoms with Gasteiger partial charge in [0, 0.05) is 18.5 Å². The van der Waals surface area contributed by atoms with E-state index in [1.54, 1.807) is 0 Å². The van der Waals surface area contributed by atoms with Gasteiger partial charge in [-0.15, -0.1) is 0 Å². The van der Waals surface area contributed by atoms with Gasteiger partial charge in [-0.3, -0.25) is 0 Å². The van der Waals surface area contributed by atoms with Crippen LogP contribution in [0.15, 0.2) is 18.2 Å². The van der Waals surface area contributed by atoms with E-state index in [0.29, 0.717) is 6.10 Å². The Labute approximate surface area is 95.8 Å². The minimum absolute atomic E-state index is 0.320. The second-order valence-electron chi connectivity index (χ2n) is 4.42. The van der Waals surface area contributed by atoms with Crippen molar-refractivity contribution in [2.24, 2.45) is 0 Å². The Kier molecular flexibility index (Phi) is 2.70. The molecule has 3 heteroatoms. The van der Waals surface area contributed by atoms with Crippen molar-refractivity contribution in [1.82, 2.24) is 5.32 Å². The van der Waals surface area contributed by atoms with Gasteiger partial charge in [-0.2, -0.15) is 0 Å². The molecule has 86 valence electrons. The molecule has 1 aromatic rings.